The van der Waals surface area contributed by atoms with Crippen molar-refractivity contribution < 1.29 is 17.9 Å². The molecule has 2 rings (SSSR count). The van der Waals surface area contributed by atoms with Crippen LogP contribution in [-0.2, 0) is 14.8 Å². The average molecular weight is 388 g/mol. The lowest BCUT2D eigenvalue weighted by atomic mass is 10.2. The van der Waals surface area contributed by atoms with E-state index in [2.05, 4.69) is 11.9 Å². The second-order valence-electron chi connectivity index (χ2n) is 6.19. The van der Waals surface area contributed by atoms with Crippen LogP contribution in [0.15, 0.2) is 61.2 Å². The first-order valence-corrected chi connectivity index (χ1v) is 10.3. The van der Waals surface area contributed by atoms with Crippen LogP contribution in [0, 0.1) is 6.92 Å². The van der Waals surface area contributed by atoms with Gasteiger partial charge in [-0.05, 0) is 43.7 Å². The van der Waals surface area contributed by atoms with E-state index in [-0.39, 0.29) is 0 Å². The maximum Gasteiger partial charge on any atom is 0.247 e. The van der Waals surface area contributed by atoms with Crippen molar-refractivity contribution >= 4 is 27.3 Å². The van der Waals surface area contributed by atoms with Crippen LogP contribution in [0.25, 0.3) is 0 Å². The zero-order valence-electron chi connectivity index (χ0n) is 15.7. The average Bonchev–Trinajstić information content (AvgIpc) is 2.59. The molecule has 0 radical (unpaired) electrons. The molecule has 0 unspecified atom stereocenters. The first-order valence-electron chi connectivity index (χ1n) is 8.43. The number of rotatable bonds is 8. The summed E-state index contributed by atoms with van der Waals surface area (Å²) in [5.41, 5.74) is 1.87. The van der Waals surface area contributed by atoms with Crippen LogP contribution in [0.5, 0.6) is 5.75 Å². The number of hydrogen-bond acceptors (Lipinski definition) is 4. The van der Waals surface area contributed by atoms with E-state index in [0.717, 1.165) is 16.1 Å². The summed E-state index contributed by atoms with van der Waals surface area (Å²) in [5.74, 6) is 0.141. The number of carbonyl (C=O) groups excluding carboxylic acids is 1. The van der Waals surface area contributed by atoms with E-state index in [9.17, 15) is 13.2 Å². The SMILES string of the molecule is C=CCOc1cccc(NC(=O)[C@@H](C)N(c2cccc(C)c2)S(C)(=O)=O)c1. The first kappa shape index (κ1) is 20.5. The van der Waals surface area contributed by atoms with Crippen LogP contribution >= 0.6 is 0 Å². The minimum atomic E-state index is -3.65. The third kappa shape index (κ3) is 5.59. The molecule has 0 saturated heterocycles. The van der Waals surface area contributed by atoms with Gasteiger partial charge in [0.25, 0.3) is 0 Å². The van der Waals surface area contributed by atoms with Gasteiger partial charge in [-0.1, -0.05) is 30.9 Å². The number of hydrogen-bond donors (Lipinski definition) is 1. The summed E-state index contributed by atoms with van der Waals surface area (Å²) in [7, 11) is -3.65. The molecule has 0 spiro atoms. The van der Waals surface area contributed by atoms with Gasteiger partial charge in [0.05, 0.1) is 11.9 Å². The summed E-state index contributed by atoms with van der Waals surface area (Å²) >= 11 is 0. The van der Waals surface area contributed by atoms with Gasteiger partial charge < -0.3 is 10.1 Å². The monoisotopic (exact) mass is 388 g/mol. The van der Waals surface area contributed by atoms with Crippen molar-refractivity contribution in [2.24, 2.45) is 0 Å². The lowest BCUT2D eigenvalue weighted by Crippen LogP contribution is -2.45. The summed E-state index contributed by atoms with van der Waals surface area (Å²) in [6.45, 7) is 7.36. The highest BCUT2D eigenvalue weighted by Crippen LogP contribution is 2.23. The molecular formula is C20H24N2O4S. The predicted molar refractivity (Wildman–Crippen MR) is 109 cm³/mol. The summed E-state index contributed by atoms with van der Waals surface area (Å²) in [6, 6.07) is 13.0. The molecule has 27 heavy (non-hydrogen) atoms. The van der Waals surface area contributed by atoms with Gasteiger partial charge in [-0.2, -0.15) is 0 Å². The summed E-state index contributed by atoms with van der Waals surface area (Å²) in [5, 5.41) is 2.74. The lowest BCUT2D eigenvalue weighted by molar-refractivity contribution is -0.116. The predicted octanol–water partition coefficient (Wildman–Crippen LogP) is 3.35. The molecule has 2 aromatic rings. The molecule has 0 aliphatic rings. The van der Waals surface area contributed by atoms with Crippen LogP contribution in [-0.4, -0.2) is 33.2 Å². The second-order valence-corrected chi connectivity index (χ2v) is 8.05. The Kier molecular flexibility index (Phi) is 6.63. The summed E-state index contributed by atoms with van der Waals surface area (Å²) in [6.07, 6.45) is 2.71. The fourth-order valence-corrected chi connectivity index (χ4v) is 3.81. The van der Waals surface area contributed by atoms with Gasteiger partial charge >= 0.3 is 0 Å². The molecule has 1 N–H and O–H groups in total. The molecule has 0 saturated carbocycles. The van der Waals surface area contributed by atoms with Gasteiger partial charge in [-0.15, -0.1) is 0 Å². The van der Waals surface area contributed by atoms with Gasteiger partial charge in [-0.25, -0.2) is 8.42 Å². The third-order valence-electron chi connectivity index (χ3n) is 3.81. The number of aryl methyl sites for hydroxylation is 1. The summed E-state index contributed by atoms with van der Waals surface area (Å²) in [4.78, 5) is 12.7. The van der Waals surface area contributed by atoms with E-state index in [1.807, 2.05) is 13.0 Å². The first-order chi connectivity index (χ1) is 12.7. The molecule has 0 fully saturated rings. The van der Waals surface area contributed by atoms with Crippen molar-refractivity contribution in [3.8, 4) is 5.75 Å². The summed E-state index contributed by atoms with van der Waals surface area (Å²) < 4.78 is 31.2. The Bertz CT molecular complexity index is 925. The number of sulfonamides is 1. The molecule has 7 heteroatoms. The van der Waals surface area contributed by atoms with Gasteiger partial charge in [0.2, 0.25) is 15.9 Å². The number of amides is 1. The third-order valence-corrected chi connectivity index (χ3v) is 5.06. The molecule has 0 aliphatic heterocycles. The van der Waals surface area contributed by atoms with E-state index in [1.165, 1.54) is 0 Å². The van der Waals surface area contributed by atoms with Gasteiger partial charge in [0, 0.05) is 11.8 Å². The van der Waals surface area contributed by atoms with Crippen LogP contribution in [0.1, 0.15) is 12.5 Å². The van der Waals surface area contributed by atoms with Crippen molar-refractivity contribution in [3.05, 3.63) is 66.7 Å². The Balaban J connectivity index is 2.24. The molecule has 0 bridgehead atoms. The Morgan fingerprint density at radius 1 is 1.26 bits per heavy atom. The topological polar surface area (TPSA) is 75.7 Å². The zero-order chi connectivity index (χ0) is 20.0. The highest BCUT2D eigenvalue weighted by molar-refractivity contribution is 7.92. The van der Waals surface area contributed by atoms with E-state index in [4.69, 9.17) is 4.74 Å². The number of ether oxygens (including phenoxy) is 1. The molecule has 0 heterocycles. The largest absolute Gasteiger partial charge is 0.489 e. The molecule has 1 amide bonds. The Morgan fingerprint density at radius 2 is 1.96 bits per heavy atom. The molecule has 144 valence electrons. The smallest absolute Gasteiger partial charge is 0.247 e. The van der Waals surface area contributed by atoms with E-state index >= 15 is 0 Å². The number of carbonyl (C=O) groups is 1. The number of nitrogens with zero attached hydrogens (tertiary/aromatic N) is 1. The minimum Gasteiger partial charge on any atom is -0.489 e. The van der Waals surface area contributed by atoms with E-state index in [1.54, 1.807) is 55.5 Å². The van der Waals surface area contributed by atoms with Crippen molar-refractivity contribution in [1.29, 1.82) is 0 Å². The van der Waals surface area contributed by atoms with E-state index in [0.29, 0.717) is 23.7 Å². The number of anilines is 2. The molecular weight excluding hydrogens is 364 g/mol. The molecule has 2 aromatic carbocycles. The van der Waals surface area contributed by atoms with Crippen LogP contribution in [0.2, 0.25) is 0 Å². The minimum absolute atomic E-state index is 0.350. The normalized spacial score (nSPS) is 12.1. The van der Waals surface area contributed by atoms with Crippen LogP contribution in [0.4, 0.5) is 11.4 Å². The molecule has 0 aliphatic carbocycles. The maximum absolute atomic E-state index is 12.7. The maximum atomic E-state index is 12.7. The Morgan fingerprint density at radius 3 is 2.59 bits per heavy atom. The lowest BCUT2D eigenvalue weighted by Gasteiger charge is -2.28. The Hall–Kier alpha value is -2.80. The highest BCUT2D eigenvalue weighted by atomic mass is 32.2. The Labute approximate surface area is 160 Å². The van der Waals surface area contributed by atoms with Gasteiger partial charge in [0.1, 0.15) is 18.4 Å². The van der Waals surface area contributed by atoms with Crippen molar-refractivity contribution in [2.75, 3.05) is 22.5 Å². The number of benzene rings is 2. The molecule has 6 nitrogen and oxygen atoms in total. The second kappa shape index (κ2) is 8.73. The van der Waals surface area contributed by atoms with E-state index < -0.39 is 22.0 Å². The quantitative estimate of drug-likeness (QED) is 0.704. The van der Waals surface area contributed by atoms with Crippen LogP contribution in [0.3, 0.4) is 0 Å². The van der Waals surface area contributed by atoms with Crippen LogP contribution < -0.4 is 14.4 Å². The standard InChI is InChI=1S/C20H24N2O4S/c1-5-12-26-19-11-7-9-17(14-19)21-20(23)16(3)22(27(4,24)25)18-10-6-8-15(2)13-18/h5-11,13-14,16H,1,12H2,2-4H3,(H,21,23)/t16-/m1/s1. The molecule has 1 atom stereocenters. The van der Waals surface area contributed by atoms with Crippen molar-refractivity contribution in [2.45, 2.75) is 19.9 Å². The fourth-order valence-electron chi connectivity index (χ4n) is 2.64. The highest BCUT2D eigenvalue weighted by Gasteiger charge is 2.29. The molecule has 0 aromatic heterocycles. The fraction of sp³-hybridized carbons (Fsp3) is 0.250. The van der Waals surface area contributed by atoms with Crippen molar-refractivity contribution in [3.63, 3.8) is 0 Å². The number of nitrogens with one attached hydrogen (secondary N) is 1. The van der Waals surface area contributed by atoms with Crippen molar-refractivity contribution in [1.82, 2.24) is 0 Å². The zero-order valence-corrected chi connectivity index (χ0v) is 16.5. The van der Waals surface area contributed by atoms with Gasteiger partial charge in [0.15, 0.2) is 0 Å². The van der Waals surface area contributed by atoms with Gasteiger partial charge in [-0.3, -0.25) is 9.10 Å².